The Labute approximate surface area is 78.6 Å². The molecule has 0 aliphatic rings. The fourth-order valence-electron chi connectivity index (χ4n) is 0.954. The monoisotopic (exact) mass is 191 g/mol. The molecular formula is C9H21NOS. The fraction of sp³-hybridized carbons (Fsp3) is 1.00. The van der Waals surface area contributed by atoms with Crippen LogP contribution in [0.25, 0.3) is 0 Å². The summed E-state index contributed by atoms with van der Waals surface area (Å²) in [6, 6.07) is 0.417. The Morgan fingerprint density at radius 3 is 2.25 bits per heavy atom. The third kappa shape index (κ3) is 4.21. The van der Waals surface area contributed by atoms with Crippen LogP contribution in [-0.2, 0) is 10.8 Å². The van der Waals surface area contributed by atoms with Crippen molar-refractivity contribution in [3.8, 4) is 0 Å². The average Bonchev–Trinajstić information content (AvgIpc) is 2.12. The Morgan fingerprint density at radius 1 is 1.33 bits per heavy atom. The number of hydrogen-bond donors (Lipinski definition) is 1. The van der Waals surface area contributed by atoms with Gasteiger partial charge < -0.3 is 5.32 Å². The van der Waals surface area contributed by atoms with E-state index in [2.05, 4.69) is 26.1 Å². The van der Waals surface area contributed by atoms with E-state index in [1.165, 1.54) is 0 Å². The van der Waals surface area contributed by atoms with Gasteiger partial charge >= 0.3 is 0 Å². The van der Waals surface area contributed by atoms with Crippen LogP contribution in [0.15, 0.2) is 0 Å². The molecule has 3 atom stereocenters. The molecule has 0 aromatic heterocycles. The standard InChI is InChI=1S/C9H21NOS/c1-5-8(3)12(11)7-9(6-2)10-4/h8-10H,5-7H2,1-4H3. The summed E-state index contributed by atoms with van der Waals surface area (Å²) in [5, 5.41) is 3.51. The molecule has 0 aromatic rings. The minimum absolute atomic E-state index is 0.340. The zero-order chi connectivity index (χ0) is 9.56. The molecule has 1 N–H and O–H groups in total. The molecule has 12 heavy (non-hydrogen) atoms. The van der Waals surface area contributed by atoms with Crippen molar-refractivity contribution in [3.05, 3.63) is 0 Å². The van der Waals surface area contributed by atoms with Crippen LogP contribution in [0.3, 0.4) is 0 Å². The van der Waals surface area contributed by atoms with Crippen molar-refractivity contribution in [3.63, 3.8) is 0 Å². The van der Waals surface area contributed by atoms with E-state index in [1.807, 2.05) is 7.05 Å². The molecule has 0 saturated heterocycles. The predicted molar refractivity (Wildman–Crippen MR) is 55.9 cm³/mol. The Bertz CT molecular complexity index is 134. The van der Waals surface area contributed by atoms with Gasteiger partial charge in [0, 0.05) is 27.8 Å². The molecule has 0 rings (SSSR count). The lowest BCUT2D eigenvalue weighted by molar-refractivity contribution is 0.586. The Balaban J connectivity index is 3.81. The SMILES string of the molecule is CCC(CS(=O)C(C)CC)NC. The minimum atomic E-state index is -0.657. The molecule has 0 heterocycles. The molecular weight excluding hydrogens is 170 g/mol. The molecule has 3 unspecified atom stereocenters. The van der Waals surface area contributed by atoms with Gasteiger partial charge in [0.2, 0.25) is 0 Å². The van der Waals surface area contributed by atoms with Gasteiger partial charge in [0.15, 0.2) is 0 Å². The predicted octanol–water partition coefficient (Wildman–Crippen LogP) is 1.53. The lowest BCUT2D eigenvalue weighted by atomic mass is 10.3. The first-order chi connectivity index (χ1) is 5.65. The van der Waals surface area contributed by atoms with Crippen molar-refractivity contribution < 1.29 is 4.21 Å². The van der Waals surface area contributed by atoms with Gasteiger partial charge in [-0.3, -0.25) is 4.21 Å². The molecule has 0 amide bonds. The highest BCUT2D eigenvalue weighted by Crippen LogP contribution is 2.03. The van der Waals surface area contributed by atoms with Gasteiger partial charge in [0.05, 0.1) is 0 Å². The summed E-state index contributed by atoms with van der Waals surface area (Å²) < 4.78 is 11.6. The van der Waals surface area contributed by atoms with E-state index in [4.69, 9.17) is 0 Å². The van der Waals surface area contributed by atoms with Gasteiger partial charge in [0.25, 0.3) is 0 Å². The molecule has 0 fully saturated rings. The van der Waals surface area contributed by atoms with E-state index in [0.717, 1.165) is 18.6 Å². The van der Waals surface area contributed by atoms with Crippen molar-refractivity contribution in [2.24, 2.45) is 0 Å². The van der Waals surface area contributed by atoms with Crippen LogP contribution < -0.4 is 5.32 Å². The van der Waals surface area contributed by atoms with Gasteiger partial charge in [0.1, 0.15) is 0 Å². The quantitative estimate of drug-likeness (QED) is 0.690. The van der Waals surface area contributed by atoms with Gasteiger partial charge in [-0.25, -0.2) is 0 Å². The first-order valence-corrected chi connectivity index (χ1v) is 6.08. The smallest absolute Gasteiger partial charge is 0.0391 e. The summed E-state index contributed by atoms with van der Waals surface area (Å²) in [6.45, 7) is 6.26. The summed E-state index contributed by atoms with van der Waals surface area (Å²) in [7, 11) is 1.28. The van der Waals surface area contributed by atoms with Gasteiger partial charge in [-0.1, -0.05) is 20.8 Å². The maximum absolute atomic E-state index is 11.6. The number of rotatable bonds is 6. The fourth-order valence-corrected chi connectivity index (χ4v) is 2.45. The minimum Gasteiger partial charge on any atom is -0.316 e. The summed E-state index contributed by atoms with van der Waals surface area (Å²) in [5.74, 6) is 0.794. The molecule has 0 aliphatic heterocycles. The molecule has 2 nitrogen and oxygen atoms in total. The highest BCUT2D eigenvalue weighted by molar-refractivity contribution is 7.85. The summed E-state index contributed by atoms with van der Waals surface area (Å²) in [5.41, 5.74) is 0. The van der Waals surface area contributed by atoms with E-state index in [-0.39, 0.29) is 0 Å². The molecule has 0 saturated carbocycles. The van der Waals surface area contributed by atoms with E-state index in [1.54, 1.807) is 0 Å². The second kappa shape index (κ2) is 6.61. The Morgan fingerprint density at radius 2 is 1.92 bits per heavy atom. The van der Waals surface area contributed by atoms with E-state index in [0.29, 0.717) is 11.3 Å². The van der Waals surface area contributed by atoms with Crippen LogP contribution >= 0.6 is 0 Å². The summed E-state index contributed by atoms with van der Waals surface area (Å²) >= 11 is 0. The van der Waals surface area contributed by atoms with Crippen LogP contribution in [0.4, 0.5) is 0 Å². The summed E-state index contributed by atoms with van der Waals surface area (Å²) in [4.78, 5) is 0. The van der Waals surface area contributed by atoms with E-state index < -0.39 is 10.8 Å². The zero-order valence-corrected chi connectivity index (χ0v) is 9.41. The number of hydrogen-bond acceptors (Lipinski definition) is 2. The third-order valence-corrected chi connectivity index (χ3v) is 4.25. The summed E-state index contributed by atoms with van der Waals surface area (Å²) in [6.07, 6.45) is 2.06. The Hall–Kier alpha value is 0.110. The molecule has 0 radical (unpaired) electrons. The average molecular weight is 191 g/mol. The first-order valence-electron chi connectivity index (χ1n) is 4.70. The second-order valence-corrected chi connectivity index (χ2v) is 5.06. The lowest BCUT2D eigenvalue weighted by Crippen LogP contribution is -2.32. The van der Waals surface area contributed by atoms with Crippen molar-refractivity contribution in [2.75, 3.05) is 12.8 Å². The highest BCUT2D eigenvalue weighted by Gasteiger charge is 2.13. The van der Waals surface area contributed by atoms with Crippen molar-refractivity contribution in [1.82, 2.24) is 5.32 Å². The normalized spacial score (nSPS) is 18.7. The van der Waals surface area contributed by atoms with Crippen LogP contribution in [-0.4, -0.2) is 28.3 Å². The topological polar surface area (TPSA) is 29.1 Å². The Kier molecular flexibility index (Phi) is 6.67. The zero-order valence-electron chi connectivity index (χ0n) is 8.59. The van der Waals surface area contributed by atoms with Crippen LogP contribution in [0.5, 0.6) is 0 Å². The molecule has 0 aromatic carbocycles. The van der Waals surface area contributed by atoms with Crippen molar-refractivity contribution in [2.45, 2.75) is 44.9 Å². The van der Waals surface area contributed by atoms with E-state index >= 15 is 0 Å². The van der Waals surface area contributed by atoms with Gasteiger partial charge in [-0.05, 0) is 19.9 Å². The van der Waals surface area contributed by atoms with E-state index in [9.17, 15) is 4.21 Å². The van der Waals surface area contributed by atoms with Gasteiger partial charge in [-0.2, -0.15) is 0 Å². The molecule has 0 spiro atoms. The molecule has 0 aliphatic carbocycles. The molecule has 0 bridgehead atoms. The van der Waals surface area contributed by atoms with Crippen LogP contribution in [0, 0.1) is 0 Å². The second-order valence-electron chi connectivity index (χ2n) is 3.16. The maximum Gasteiger partial charge on any atom is 0.0391 e. The van der Waals surface area contributed by atoms with Crippen molar-refractivity contribution >= 4 is 10.8 Å². The van der Waals surface area contributed by atoms with Gasteiger partial charge in [-0.15, -0.1) is 0 Å². The molecule has 3 heteroatoms. The number of nitrogens with one attached hydrogen (secondary N) is 1. The third-order valence-electron chi connectivity index (χ3n) is 2.29. The van der Waals surface area contributed by atoms with Crippen LogP contribution in [0.2, 0.25) is 0 Å². The van der Waals surface area contributed by atoms with Crippen LogP contribution in [0.1, 0.15) is 33.6 Å². The highest BCUT2D eigenvalue weighted by atomic mass is 32.2. The largest absolute Gasteiger partial charge is 0.316 e. The first kappa shape index (κ1) is 12.1. The van der Waals surface area contributed by atoms with Crippen molar-refractivity contribution in [1.29, 1.82) is 0 Å². The lowest BCUT2D eigenvalue weighted by Gasteiger charge is -2.15. The molecule has 74 valence electrons. The maximum atomic E-state index is 11.6.